The second kappa shape index (κ2) is 7.01. The zero-order valence-electron chi connectivity index (χ0n) is 13.2. The molecule has 1 aliphatic heterocycles. The van der Waals surface area contributed by atoms with Crippen LogP contribution in [0.25, 0.3) is 6.08 Å². The number of amides is 2. The highest BCUT2D eigenvalue weighted by Gasteiger charge is 2.21. The van der Waals surface area contributed by atoms with Crippen molar-refractivity contribution >= 4 is 17.8 Å². The third kappa shape index (κ3) is 3.54. The zero-order chi connectivity index (χ0) is 16.1. The maximum absolute atomic E-state index is 12.4. The minimum absolute atomic E-state index is 0.0955. The molecule has 2 amide bonds. The molecule has 0 saturated heterocycles. The number of methoxy groups -OCH3 is 1. The van der Waals surface area contributed by atoms with Gasteiger partial charge in [-0.3, -0.25) is 4.90 Å². The smallest absolute Gasteiger partial charge is 0.325 e. The first kappa shape index (κ1) is 15.2. The van der Waals surface area contributed by atoms with Gasteiger partial charge in [-0.25, -0.2) is 4.79 Å². The van der Waals surface area contributed by atoms with Gasteiger partial charge in [0.05, 0.1) is 7.11 Å². The number of carbonyl (C=O) groups is 1. The molecule has 0 radical (unpaired) electrons. The number of para-hydroxylation sites is 1. The van der Waals surface area contributed by atoms with E-state index in [1.54, 1.807) is 18.2 Å². The molecule has 0 unspecified atom stereocenters. The molecule has 0 aliphatic carbocycles. The summed E-state index contributed by atoms with van der Waals surface area (Å²) in [6, 6.07) is 15.6. The maximum Gasteiger partial charge on any atom is 0.325 e. The molecule has 23 heavy (non-hydrogen) atoms. The van der Waals surface area contributed by atoms with E-state index in [2.05, 4.69) is 11.4 Å². The lowest BCUT2D eigenvalue weighted by Gasteiger charge is -2.28. The lowest BCUT2D eigenvalue weighted by molar-refractivity contribution is 0.249. The van der Waals surface area contributed by atoms with Crippen LogP contribution in [-0.2, 0) is 6.42 Å². The Labute approximate surface area is 136 Å². The first-order valence-corrected chi connectivity index (χ1v) is 7.74. The molecule has 0 atom stereocenters. The van der Waals surface area contributed by atoms with Gasteiger partial charge in [0.15, 0.2) is 0 Å². The number of hydrogen-bond donors (Lipinski definition) is 1. The first-order chi connectivity index (χ1) is 11.3. The number of fused-ring (bicyclic) bond motifs is 1. The molecule has 0 fully saturated rings. The summed E-state index contributed by atoms with van der Waals surface area (Å²) < 4.78 is 5.12. The van der Waals surface area contributed by atoms with Gasteiger partial charge in [-0.05, 0) is 48.2 Å². The molecule has 3 rings (SSSR count). The summed E-state index contributed by atoms with van der Waals surface area (Å²) in [5.41, 5.74) is 3.24. The Morgan fingerprint density at radius 1 is 1.17 bits per heavy atom. The van der Waals surface area contributed by atoms with Crippen molar-refractivity contribution < 1.29 is 9.53 Å². The minimum Gasteiger partial charge on any atom is -0.497 e. The fourth-order valence-corrected chi connectivity index (χ4v) is 2.75. The van der Waals surface area contributed by atoms with Crippen molar-refractivity contribution in [1.82, 2.24) is 5.32 Å². The van der Waals surface area contributed by atoms with Gasteiger partial charge < -0.3 is 10.1 Å². The third-order valence-corrected chi connectivity index (χ3v) is 3.95. The average molecular weight is 308 g/mol. The van der Waals surface area contributed by atoms with Crippen molar-refractivity contribution in [2.45, 2.75) is 12.8 Å². The number of aryl methyl sites for hydroxylation is 1. The van der Waals surface area contributed by atoms with Gasteiger partial charge in [-0.1, -0.05) is 30.3 Å². The molecule has 2 aromatic rings. The molecule has 0 spiro atoms. The van der Waals surface area contributed by atoms with E-state index in [4.69, 9.17) is 4.74 Å². The third-order valence-electron chi connectivity index (χ3n) is 3.95. The predicted molar refractivity (Wildman–Crippen MR) is 92.7 cm³/mol. The van der Waals surface area contributed by atoms with E-state index in [-0.39, 0.29) is 6.03 Å². The second-order valence-corrected chi connectivity index (χ2v) is 5.44. The van der Waals surface area contributed by atoms with Crippen LogP contribution in [0, 0.1) is 0 Å². The lowest BCUT2D eigenvalue weighted by Crippen LogP contribution is -2.40. The summed E-state index contributed by atoms with van der Waals surface area (Å²) >= 11 is 0. The van der Waals surface area contributed by atoms with E-state index < -0.39 is 0 Å². The van der Waals surface area contributed by atoms with Crippen molar-refractivity contribution in [3.8, 4) is 5.75 Å². The summed E-state index contributed by atoms with van der Waals surface area (Å²) in [6.07, 6.45) is 5.57. The summed E-state index contributed by atoms with van der Waals surface area (Å²) in [5, 5.41) is 2.85. The predicted octanol–water partition coefficient (Wildman–Crippen LogP) is 3.83. The molecule has 4 heteroatoms. The fourth-order valence-electron chi connectivity index (χ4n) is 2.75. The summed E-state index contributed by atoms with van der Waals surface area (Å²) in [7, 11) is 1.64. The Morgan fingerprint density at radius 3 is 2.74 bits per heavy atom. The van der Waals surface area contributed by atoms with Crippen LogP contribution < -0.4 is 15.0 Å². The van der Waals surface area contributed by atoms with E-state index in [9.17, 15) is 4.79 Å². The van der Waals surface area contributed by atoms with Crippen LogP contribution in [0.5, 0.6) is 5.75 Å². The Kier molecular flexibility index (Phi) is 4.62. The van der Waals surface area contributed by atoms with E-state index in [1.165, 1.54) is 5.56 Å². The van der Waals surface area contributed by atoms with Crippen molar-refractivity contribution in [1.29, 1.82) is 0 Å². The van der Waals surface area contributed by atoms with Gasteiger partial charge in [-0.15, -0.1) is 0 Å². The van der Waals surface area contributed by atoms with Gasteiger partial charge in [0.2, 0.25) is 0 Å². The minimum atomic E-state index is -0.0955. The molecule has 0 saturated carbocycles. The molecular formula is C19H20N2O2. The number of hydrogen-bond acceptors (Lipinski definition) is 2. The zero-order valence-corrected chi connectivity index (χ0v) is 13.2. The van der Waals surface area contributed by atoms with E-state index in [1.807, 2.05) is 48.5 Å². The van der Waals surface area contributed by atoms with Gasteiger partial charge in [-0.2, -0.15) is 0 Å². The van der Waals surface area contributed by atoms with Crippen molar-refractivity contribution in [3.05, 3.63) is 65.9 Å². The number of anilines is 1. The molecule has 118 valence electrons. The van der Waals surface area contributed by atoms with Gasteiger partial charge in [0.25, 0.3) is 0 Å². The quantitative estimate of drug-likeness (QED) is 0.936. The molecule has 0 bridgehead atoms. The Bertz CT molecular complexity index is 708. The number of rotatable bonds is 3. The topological polar surface area (TPSA) is 41.6 Å². The van der Waals surface area contributed by atoms with Crippen molar-refractivity contribution in [3.63, 3.8) is 0 Å². The number of ether oxygens (including phenoxy) is 1. The number of benzene rings is 2. The molecule has 2 aromatic carbocycles. The van der Waals surface area contributed by atoms with E-state index >= 15 is 0 Å². The van der Waals surface area contributed by atoms with E-state index in [0.29, 0.717) is 0 Å². The van der Waals surface area contributed by atoms with Crippen molar-refractivity contribution in [2.75, 3.05) is 18.6 Å². The normalized spacial score (nSPS) is 13.7. The van der Waals surface area contributed by atoms with Crippen LogP contribution >= 0.6 is 0 Å². The van der Waals surface area contributed by atoms with Gasteiger partial charge >= 0.3 is 6.03 Å². The Balaban J connectivity index is 1.64. The van der Waals surface area contributed by atoms with Crippen molar-refractivity contribution in [2.24, 2.45) is 0 Å². The second-order valence-electron chi connectivity index (χ2n) is 5.44. The first-order valence-electron chi connectivity index (χ1n) is 7.74. The molecule has 4 nitrogen and oxygen atoms in total. The fraction of sp³-hybridized carbons (Fsp3) is 0.211. The van der Waals surface area contributed by atoms with Crippen LogP contribution in [-0.4, -0.2) is 19.7 Å². The molecule has 1 heterocycles. The number of nitrogens with one attached hydrogen (secondary N) is 1. The monoisotopic (exact) mass is 308 g/mol. The van der Waals surface area contributed by atoms with Crippen LogP contribution in [0.15, 0.2) is 54.7 Å². The maximum atomic E-state index is 12.4. The van der Waals surface area contributed by atoms with E-state index in [0.717, 1.165) is 36.4 Å². The molecular weight excluding hydrogens is 288 g/mol. The number of nitrogens with zero attached hydrogens (tertiary/aromatic N) is 1. The van der Waals surface area contributed by atoms with Gasteiger partial charge in [0, 0.05) is 18.4 Å². The molecule has 0 aromatic heterocycles. The Hall–Kier alpha value is -2.75. The van der Waals surface area contributed by atoms with Crippen LogP contribution in [0.2, 0.25) is 0 Å². The van der Waals surface area contributed by atoms with Gasteiger partial charge in [0.1, 0.15) is 5.75 Å². The molecule has 1 aliphatic rings. The highest BCUT2D eigenvalue weighted by molar-refractivity contribution is 5.94. The van der Waals surface area contributed by atoms with Crippen LogP contribution in [0.3, 0.4) is 0 Å². The average Bonchev–Trinajstić information content (AvgIpc) is 2.61. The van der Waals surface area contributed by atoms with Crippen LogP contribution in [0.1, 0.15) is 17.5 Å². The SMILES string of the molecule is COc1ccc(/C=C/NC(=O)N2CCCc3ccccc32)cc1. The lowest BCUT2D eigenvalue weighted by atomic mass is 10.0. The van der Waals surface area contributed by atoms with Crippen LogP contribution in [0.4, 0.5) is 10.5 Å². The summed E-state index contributed by atoms with van der Waals surface area (Å²) in [5.74, 6) is 0.816. The number of urea groups is 1. The largest absolute Gasteiger partial charge is 0.497 e. The summed E-state index contributed by atoms with van der Waals surface area (Å²) in [6.45, 7) is 0.749. The highest BCUT2D eigenvalue weighted by Crippen LogP contribution is 2.26. The number of carbonyl (C=O) groups excluding carboxylic acids is 1. The molecule has 1 N–H and O–H groups in total. The standard InChI is InChI=1S/C19H20N2O2/c1-23-17-10-8-15(9-11-17)12-13-20-19(22)21-14-4-6-16-5-2-3-7-18(16)21/h2-3,5,7-13H,4,6,14H2,1H3,(H,20,22)/b13-12+. The Morgan fingerprint density at radius 2 is 1.96 bits per heavy atom. The summed E-state index contributed by atoms with van der Waals surface area (Å²) in [4.78, 5) is 14.2. The highest BCUT2D eigenvalue weighted by atomic mass is 16.5.